The van der Waals surface area contributed by atoms with Crippen LogP contribution in [0.4, 0.5) is 14.6 Å². The minimum Gasteiger partial charge on any atom is -0.351 e. The van der Waals surface area contributed by atoms with Gasteiger partial charge in [-0.25, -0.2) is 18.3 Å². The molecule has 162 valence electrons. The second kappa shape index (κ2) is 8.37. The number of aromatic nitrogens is 3. The lowest BCUT2D eigenvalue weighted by atomic mass is 10.0. The van der Waals surface area contributed by atoms with Gasteiger partial charge in [-0.1, -0.05) is 30.3 Å². The largest absolute Gasteiger partial charge is 0.351 e. The predicted molar refractivity (Wildman–Crippen MR) is 116 cm³/mol. The molecule has 1 amide bonds. The maximum absolute atomic E-state index is 14.0. The lowest BCUT2D eigenvalue weighted by Gasteiger charge is -2.25. The molecule has 32 heavy (non-hydrogen) atoms. The van der Waals surface area contributed by atoms with Gasteiger partial charge in [0.15, 0.2) is 5.65 Å². The third kappa shape index (κ3) is 4.03. The quantitative estimate of drug-likeness (QED) is 0.522. The number of halogens is 2. The van der Waals surface area contributed by atoms with Crippen LogP contribution in [0.5, 0.6) is 0 Å². The highest BCUT2D eigenvalue weighted by Gasteiger charge is 2.35. The van der Waals surface area contributed by atoms with Crippen molar-refractivity contribution in [3.63, 3.8) is 0 Å². The van der Waals surface area contributed by atoms with Crippen LogP contribution < -0.4 is 10.2 Å². The van der Waals surface area contributed by atoms with Crippen molar-refractivity contribution in [2.45, 2.75) is 24.9 Å². The molecule has 0 unspecified atom stereocenters. The number of hydrogen-bond donors (Lipinski definition) is 1. The summed E-state index contributed by atoms with van der Waals surface area (Å²) in [6.45, 7) is 0.497. The van der Waals surface area contributed by atoms with Crippen LogP contribution in [0.15, 0.2) is 73.1 Å². The molecule has 1 N–H and O–H groups in total. The van der Waals surface area contributed by atoms with Crippen LogP contribution in [0.1, 0.15) is 23.6 Å². The molecular weight excluding hydrogens is 412 g/mol. The van der Waals surface area contributed by atoms with Gasteiger partial charge in [0.05, 0.1) is 12.5 Å². The molecule has 5 rings (SSSR count). The molecule has 1 aliphatic heterocycles. The second-order valence-electron chi connectivity index (χ2n) is 7.91. The number of fused-ring (bicyclic) bond motifs is 1. The van der Waals surface area contributed by atoms with Crippen molar-refractivity contribution >= 4 is 17.4 Å². The predicted octanol–water partition coefficient (Wildman–Crippen LogP) is 3.69. The fourth-order valence-electron chi connectivity index (χ4n) is 4.28. The molecule has 0 spiro atoms. The van der Waals surface area contributed by atoms with E-state index in [-0.39, 0.29) is 30.2 Å². The van der Waals surface area contributed by atoms with E-state index in [4.69, 9.17) is 0 Å². The summed E-state index contributed by atoms with van der Waals surface area (Å²) in [6, 6.07) is 16.1. The zero-order chi connectivity index (χ0) is 22.1. The van der Waals surface area contributed by atoms with Gasteiger partial charge in [0.2, 0.25) is 5.91 Å². The van der Waals surface area contributed by atoms with Gasteiger partial charge < -0.3 is 10.2 Å². The summed E-state index contributed by atoms with van der Waals surface area (Å²) >= 11 is 0. The lowest BCUT2D eigenvalue weighted by Crippen LogP contribution is -2.38. The Morgan fingerprint density at radius 3 is 2.81 bits per heavy atom. The number of carbonyl (C=O) groups excluding carboxylic acids is 1. The highest BCUT2D eigenvalue weighted by atomic mass is 19.1. The fraction of sp³-hybridized carbons (Fsp3) is 0.208. The Balaban J connectivity index is 1.39. The summed E-state index contributed by atoms with van der Waals surface area (Å²) in [5, 5.41) is 7.65. The topological polar surface area (TPSA) is 62.5 Å². The molecule has 1 saturated heterocycles. The van der Waals surface area contributed by atoms with Crippen molar-refractivity contribution in [2.75, 3.05) is 11.4 Å². The van der Waals surface area contributed by atoms with Crippen LogP contribution >= 0.6 is 0 Å². The maximum atomic E-state index is 14.0. The Morgan fingerprint density at radius 1 is 1.09 bits per heavy atom. The summed E-state index contributed by atoms with van der Waals surface area (Å²) in [7, 11) is 0. The molecule has 1 fully saturated rings. The molecule has 2 aromatic carbocycles. The summed E-state index contributed by atoms with van der Waals surface area (Å²) in [5.41, 5.74) is 1.89. The van der Waals surface area contributed by atoms with E-state index in [0.29, 0.717) is 24.3 Å². The van der Waals surface area contributed by atoms with E-state index in [2.05, 4.69) is 20.3 Å². The average Bonchev–Trinajstić information content (AvgIpc) is 3.42. The first-order valence-corrected chi connectivity index (χ1v) is 10.4. The molecule has 4 aromatic rings. The maximum Gasteiger partial charge on any atom is 0.224 e. The normalized spacial score (nSPS) is 18.2. The number of anilines is 1. The first-order chi connectivity index (χ1) is 15.6. The molecule has 2 atom stereocenters. The summed E-state index contributed by atoms with van der Waals surface area (Å²) in [6.07, 6.45) is 3.98. The molecule has 8 heteroatoms. The SMILES string of the molecule is O=C(Cc1ccccc1F)N[C@H]1C[C@H](c2cccc(F)c2)N(c2ccc3nccn3n2)C1. The van der Waals surface area contributed by atoms with Crippen LogP contribution in [0.25, 0.3) is 5.65 Å². The summed E-state index contributed by atoms with van der Waals surface area (Å²) in [4.78, 5) is 18.9. The van der Waals surface area contributed by atoms with E-state index in [9.17, 15) is 13.6 Å². The van der Waals surface area contributed by atoms with Crippen LogP contribution in [0.2, 0.25) is 0 Å². The van der Waals surface area contributed by atoms with Crippen molar-refractivity contribution in [3.05, 3.63) is 95.8 Å². The Kier molecular flexibility index (Phi) is 5.26. The lowest BCUT2D eigenvalue weighted by molar-refractivity contribution is -0.121. The van der Waals surface area contributed by atoms with E-state index in [1.807, 2.05) is 18.2 Å². The van der Waals surface area contributed by atoms with Gasteiger partial charge >= 0.3 is 0 Å². The minimum absolute atomic E-state index is 0.0347. The van der Waals surface area contributed by atoms with Crippen molar-refractivity contribution in [1.82, 2.24) is 19.9 Å². The molecule has 0 radical (unpaired) electrons. The van der Waals surface area contributed by atoms with E-state index >= 15 is 0 Å². The van der Waals surface area contributed by atoms with Gasteiger partial charge in [-0.3, -0.25) is 4.79 Å². The monoisotopic (exact) mass is 433 g/mol. The van der Waals surface area contributed by atoms with Gasteiger partial charge in [-0.05, 0) is 47.9 Å². The number of rotatable bonds is 5. The Morgan fingerprint density at radius 2 is 1.97 bits per heavy atom. The highest BCUT2D eigenvalue weighted by molar-refractivity contribution is 5.79. The third-order valence-corrected chi connectivity index (χ3v) is 5.74. The van der Waals surface area contributed by atoms with Gasteiger partial charge in [-0.2, -0.15) is 0 Å². The van der Waals surface area contributed by atoms with Crippen molar-refractivity contribution in [2.24, 2.45) is 0 Å². The molecule has 6 nitrogen and oxygen atoms in total. The number of amides is 1. The Bertz CT molecular complexity index is 1270. The van der Waals surface area contributed by atoms with Crippen molar-refractivity contribution < 1.29 is 13.6 Å². The highest BCUT2D eigenvalue weighted by Crippen LogP contribution is 2.35. The number of nitrogens with one attached hydrogen (secondary N) is 1. The fourth-order valence-corrected chi connectivity index (χ4v) is 4.28. The molecule has 2 aromatic heterocycles. The number of nitrogens with zero attached hydrogens (tertiary/aromatic N) is 4. The first kappa shape index (κ1) is 20.1. The van der Waals surface area contributed by atoms with E-state index in [0.717, 1.165) is 11.2 Å². The summed E-state index contributed by atoms with van der Waals surface area (Å²) in [5.74, 6) is -0.257. The van der Waals surface area contributed by atoms with Crippen LogP contribution in [0, 0.1) is 11.6 Å². The van der Waals surface area contributed by atoms with Crippen LogP contribution in [0.3, 0.4) is 0 Å². The van der Waals surface area contributed by atoms with Gasteiger partial charge in [-0.15, -0.1) is 5.10 Å². The number of hydrogen-bond acceptors (Lipinski definition) is 4. The van der Waals surface area contributed by atoms with Crippen molar-refractivity contribution in [1.29, 1.82) is 0 Å². The molecule has 3 heterocycles. The van der Waals surface area contributed by atoms with E-state index < -0.39 is 5.82 Å². The zero-order valence-corrected chi connectivity index (χ0v) is 17.2. The Hall–Kier alpha value is -3.81. The molecule has 1 aliphatic rings. The zero-order valence-electron chi connectivity index (χ0n) is 17.2. The molecule has 0 bridgehead atoms. The standard InChI is InChI=1S/C24H21F2N5O/c25-18-6-3-5-17(12-18)21-14-19(28-24(32)13-16-4-1-2-7-20(16)26)15-30(21)23-9-8-22-27-10-11-31(22)29-23/h1-12,19,21H,13-15H2,(H,28,32)/t19-,21+/m0/s1. The third-order valence-electron chi connectivity index (χ3n) is 5.74. The van der Waals surface area contributed by atoms with Crippen molar-refractivity contribution in [3.8, 4) is 0 Å². The van der Waals surface area contributed by atoms with E-state index in [1.54, 1.807) is 41.2 Å². The Labute approximate surface area is 183 Å². The van der Waals surface area contributed by atoms with Gasteiger partial charge in [0, 0.05) is 25.0 Å². The number of carbonyl (C=O) groups is 1. The molecule has 0 aliphatic carbocycles. The van der Waals surface area contributed by atoms with Crippen LogP contribution in [-0.4, -0.2) is 33.1 Å². The average molecular weight is 433 g/mol. The minimum atomic E-state index is -0.397. The first-order valence-electron chi connectivity index (χ1n) is 10.4. The smallest absolute Gasteiger partial charge is 0.224 e. The van der Waals surface area contributed by atoms with Crippen LogP contribution in [-0.2, 0) is 11.2 Å². The second-order valence-corrected chi connectivity index (χ2v) is 7.91. The van der Waals surface area contributed by atoms with Gasteiger partial charge in [0.25, 0.3) is 0 Å². The van der Waals surface area contributed by atoms with E-state index in [1.165, 1.54) is 18.2 Å². The number of imidazole rings is 1. The number of benzene rings is 2. The molecule has 0 saturated carbocycles. The molecular formula is C24H21F2N5O. The summed E-state index contributed by atoms with van der Waals surface area (Å²) < 4.78 is 29.6. The van der Waals surface area contributed by atoms with Gasteiger partial charge in [0.1, 0.15) is 17.5 Å².